The summed E-state index contributed by atoms with van der Waals surface area (Å²) in [4.78, 5) is 4.42. The zero-order valence-corrected chi connectivity index (χ0v) is 10.5. The van der Waals surface area contributed by atoms with Crippen molar-refractivity contribution in [1.82, 2.24) is 10.1 Å². The van der Waals surface area contributed by atoms with Crippen LogP contribution in [0.5, 0.6) is 0 Å². The summed E-state index contributed by atoms with van der Waals surface area (Å²) in [5.74, 6) is 1.31. The van der Waals surface area contributed by atoms with E-state index in [4.69, 9.17) is 10.3 Å². The minimum atomic E-state index is -0.338. The summed E-state index contributed by atoms with van der Waals surface area (Å²) in [5, 5.41) is 4.01. The van der Waals surface area contributed by atoms with Crippen LogP contribution in [-0.4, -0.2) is 10.1 Å². The van der Waals surface area contributed by atoms with E-state index in [-0.39, 0.29) is 5.54 Å². The molecule has 4 nitrogen and oxygen atoms in total. The molecule has 18 heavy (non-hydrogen) atoms. The van der Waals surface area contributed by atoms with Crippen molar-refractivity contribution in [3.8, 4) is 0 Å². The Morgan fingerprint density at radius 1 is 1.28 bits per heavy atom. The van der Waals surface area contributed by atoms with Crippen LogP contribution in [0.15, 0.2) is 28.8 Å². The monoisotopic (exact) mass is 243 g/mol. The van der Waals surface area contributed by atoms with Gasteiger partial charge < -0.3 is 10.3 Å². The number of nitrogens with zero attached hydrogens (tertiary/aromatic N) is 2. The first-order chi connectivity index (χ1) is 8.66. The quantitative estimate of drug-likeness (QED) is 0.898. The van der Waals surface area contributed by atoms with Gasteiger partial charge in [-0.2, -0.15) is 4.98 Å². The predicted molar refractivity (Wildman–Crippen MR) is 68.0 cm³/mol. The number of aryl methyl sites for hydroxylation is 1. The van der Waals surface area contributed by atoms with Crippen LogP contribution in [-0.2, 0) is 12.0 Å². The van der Waals surface area contributed by atoms with Gasteiger partial charge in [0.15, 0.2) is 5.82 Å². The SMILES string of the molecule is Cc1ccc(Cc2nc(C3(N)CCC3)no2)cc1. The highest BCUT2D eigenvalue weighted by Gasteiger charge is 2.38. The summed E-state index contributed by atoms with van der Waals surface area (Å²) in [6.07, 6.45) is 3.73. The standard InChI is InChI=1S/C14H17N3O/c1-10-3-5-11(6-4-10)9-12-16-13(17-18-12)14(15)7-2-8-14/h3-6H,2,7-9,15H2,1H3. The van der Waals surface area contributed by atoms with Crippen molar-refractivity contribution in [2.24, 2.45) is 5.73 Å². The molecule has 0 spiro atoms. The van der Waals surface area contributed by atoms with Gasteiger partial charge in [0.2, 0.25) is 5.89 Å². The molecule has 0 unspecified atom stereocenters. The minimum absolute atomic E-state index is 0.338. The van der Waals surface area contributed by atoms with Crippen molar-refractivity contribution in [2.75, 3.05) is 0 Å². The van der Waals surface area contributed by atoms with E-state index in [1.807, 2.05) is 0 Å². The van der Waals surface area contributed by atoms with Gasteiger partial charge in [-0.15, -0.1) is 0 Å². The zero-order valence-electron chi connectivity index (χ0n) is 10.5. The van der Waals surface area contributed by atoms with E-state index in [2.05, 4.69) is 41.3 Å². The van der Waals surface area contributed by atoms with E-state index in [1.165, 1.54) is 11.1 Å². The van der Waals surface area contributed by atoms with Crippen molar-refractivity contribution in [3.63, 3.8) is 0 Å². The molecule has 94 valence electrons. The van der Waals surface area contributed by atoms with Gasteiger partial charge in [0.25, 0.3) is 0 Å². The third-order valence-electron chi connectivity index (χ3n) is 3.64. The lowest BCUT2D eigenvalue weighted by molar-refractivity contribution is 0.229. The number of hydrogen-bond donors (Lipinski definition) is 1. The van der Waals surface area contributed by atoms with E-state index >= 15 is 0 Å². The number of hydrogen-bond acceptors (Lipinski definition) is 4. The Morgan fingerprint density at radius 3 is 2.61 bits per heavy atom. The second-order valence-electron chi connectivity index (χ2n) is 5.18. The molecule has 0 bridgehead atoms. The van der Waals surface area contributed by atoms with Crippen LogP contribution in [0.2, 0.25) is 0 Å². The molecule has 1 aromatic carbocycles. The lowest BCUT2D eigenvalue weighted by atomic mass is 9.77. The fraction of sp³-hybridized carbons (Fsp3) is 0.429. The first kappa shape index (κ1) is 11.4. The fourth-order valence-electron chi connectivity index (χ4n) is 2.19. The average Bonchev–Trinajstić information content (AvgIpc) is 2.78. The highest BCUT2D eigenvalue weighted by Crippen LogP contribution is 2.36. The molecule has 0 aliphatic heterocycles. The van der Waals surface area contributed by atoms with E-state index in [0.717, 1.165) is 19.3 Å². The van der Waals surface area contributed by atoms with Crippen LogP contribution >= 0.6 is 0 Å². The fourth-order valence-corrected chi connectivity index (χ4v) is 2.19. The lowest BCUT2D eigenvalue weighted by Gasteiger charge is -2.34. The maximum Gasteiger partial charge on any atom is 0.231 e. The van der Waals surface area contributed by atoms with Crippen molar-refractivity contribution < 1.29 is 4.52 Å². The van der Waals surface area contributed by atoms with Gasteiger partial charge >= 0.3 is 0 Å². The van der Waals surface area contributed by atoms with Gasteiger partial charge in [0.1, 0.15) is 0 Å². The van der Waals surface area contributed by atoms with E-state index < -0.39 is 0 Å². The molecule has 0 radical (unpaired) electrons. The third-order valence-corrected chi connectivity index (χ3v) is 3.64. The summed E-state index contributed by atoms with van der Waals surface area (Å²) in [7, 11) is 0. The van der Waals surface area contributed by atoms with Gasteiger partial charge in [-0.1, -0.05) is 35.0 Å². The summed E-state index contributed by atoms with van der Waals surface area (Å²) in [6, 6.07) is 8.34. The average molecular weight is 243 g/mol. The smallest absolute Gasteiger partial charge is 0.231 e. The zero-order chi connectivity index (χ0) is 12.6. The first-order valence-corrected chi connectivity index (χ1v) is 6.33. The van der Waals surface area contributed by atoms with Crippen LogP contribution in [0, 0.1) is 6.92 Å². The highest BCUT2D eigenvalue weighted by atomic mass is 16.5. The summed E-state index contributed by atoms with van der Waals surface area (Å²) in [6.45, 7) is 2.07. The van der Waals surface area contributed by atoms with Crippen LogP contribution in [0.1, 0.15) is 42.1 Å². The summed E-state index contributed by atoms with van der Waals surface area (Å²) < 4.78 is 5.28. The van der Waals surface area contributed by atoms with E-state index in [1.54, 1.807) is 0 Å². The Balaban J connectivity index is 1.75. The Hall–Kier alpha value is -1.68. The molecular formula is C14H17N3O. The Labute approximate surface area is 106 Å². The first-order valence-electron chi connectivity index (χ1n) is 6.33. The van der Waals surface area contributed by atoms with Gasteiger partial charge in [-0.25, -0.2) is 0 Å². The van der Waals surface area contributed by atoms with Crippen molar-refractivity contribution in [2.45, 2.75) is 38.1 Å². The molecule has 1 saturated carbocycles. The molecule has 3 rings (SSSR count). The van der Waals surface area contributed by atoms with Gasteiger partial charge in [-0.3, -0.25) is 0 Å². The molecule has 0 amide bonds. The molecule has 4 heteroatoms. The topological polar surface area (TPSA) is 64.9 Å². The molecule has 1 aromatic heterocycles. The molecule has 2 aromatic rings. The maximum absolute atomic E-state index is 6.17. The van der Waals surface area contributed by atoms with Crippen LogP contribution in [0.4, 0.5) is 0 Å². The molecule has 2 N–H and O–H groups in total. The van der Waals surface area contributed by atoms with Gasteiger partial charge in [-0.05, 0) is 31.7 Å². The van der Waals surface area contributed by atoms with E-state index in [0.29, 0.717) is 18.1 Å². The molecule has 1 fully saturated rings. The predicted octanol–water partition coefficient (Wildman–Crippen LogP) is 2.31. The van der Waals surface area contributed by atoms with Crippen LogP contribution in [0.3, 0.4) is 0 Å². The summed E-state index contributed by atoms with van der Waals surface area (Å²) >= 11 is 0. The highest BCUT2D eigenvalue weighted by molar-refractivity contribution is 5.23. The number of nitrogens with two attached hydrogens (primary N) is 1. The molecule has 0 saturated heterocycles. The van der Waals surface area contributed by atoms with Crippen LogP contribution in [0.25, 0.3) is 0 Å². The number of benzene rings is 1. The minimum Gasteiger partial charge on any atom is -0.339 e. The maximum atomic E-state index is 6.17. The molecule has 1 aliphatic rings. The Morgan fingerprint density at radius 2 is 2.00 bits per heavy atom. The lowest BCUT2D eigenvalue weighted by Crippen LogP contribution is -2.44. The second kappa shape index (κ2) is 4.21. The summed E-state index contributed by atoms with van der Waals surface area (Å²) in [5.41, 5.74) is 8.25. The second-order valence-corrected chi connectivity index (χ2v) is 5.18. The van der Waals surface area contributed by atoms with Crippen LogP contribution < -0.4 is 5.73 Å². The Bertz CT molecular complexity index is 540. The number of aromatic nitrogens is 2. The largest absolute Gasteiger partial charge is 0.339 e. The third kappa shape index (κ3) is 2.04. The van der Waals surface area contributed by atoms with Gasteiger partial charge in [0.05, 0.1) is 12.0 Å². The van der Waals surface area contributed by atoms with Crippen molar-refractivity contribution in [3.05, 3.63) is 47.1 Å². The van der Waals surface area contributed by atoms with E-state index in [9.17, 15) is 0 Å². The molecule has 1 aliphatic carbocycles. The normalized spacial score (nSPS) is 17.4. The van der Waals surface area contributed by atoms with Crippen molar-refractivity contribution >= 4 is 0 Å². The van der Waals surface area contributed by atoms with Gasteiger partial charge in [0, 0.05) is 0 Å². The molecule has 0 atom stereocenters. The molecular weight excluding hydrogens is 226 g/mol. The number of rotatable bonds is 3. The van der Waals surface area contributed by atoms with Crippen molar-refractivity contribution in [1.29, 1.82) is 0 Å². The molecule has 1 heterocycles. The Kier molecular flexibility index (Phi) is 2.67.